The van der Waals surface area contributed by atoms with E-state index in [1.807, 2.05) is 55.6 Å². The Morgan fingerprint density at radius 1 is 1.15 bits per heavy atom. The van der Waals surface area contributed by atoms with Gasteiger partial charge >= 0.3 is 5.97 Å². The molecule has 0 amide bonds. The number of rotatable bonds is 15. The van der Waals surface area contributed by atoms with Gasteiger partial charge in [0.2, 0.25) is 0 Å². The van der Waals surface area contributed by atoms with Crippen LogP contribution in [0.1, 0.15) is 17.8 Å². The molecule has 0 spiro atoms. The van der Waals surface area contributed by atoms with Crippen molar-refractivity contribution >= 4 is 50.6 Å². The fourth-order valence-electron chi connectivity index (χ4n) is 4.05. The van der Waals surface area contributed by atoms with Crippen LogP contribution in [0.3, 0.4) is 0 Å². The van der Waals surface area contributed by atoms with Crippen molar-refractivity contribution in [2.75, 3.05) is 45.2 Å². The van der Waals surface area contributed by atoms with Crippen molar-refractivity contribution in [2.24, 2.45) is 0 Å². The summed E-state index contributed by atoms with van der Waals surface area (Å²) in [7, 11) is 2.04. The number of aromatic nitrogens is 2. The standard InChI is InChI=1S/C28H32ClN5O4S/c1-34(12-4-14-35)13-5-15-38-20-7-2-6-19(16-20)21-8-3-9-22(26(21)29)32-28-27-23(10-11-31-28)39-24(33-27)17-30-18-25(36)37/h2-3,6-11,16,30,35H,4-5,12-15,17-18H2,1H3,(H,31,32)(H,36,37). The van der Waals surface area contributed by atoms with Crippen LogP contribution < -0.4 is 15.4 Å². The number of halogens is 1. The average Bonchev–Trinajstić information content (AvgIpc) is 3.35. The number of fused-ring (bicyclic) bond motifs is 1. The van der Waals surface area contributed by atoms with Gasteiger partial charge in [-0.05, 0) is 49.7 Å². The Labute approximate surface area is 236 Å². The van der Waals surface area contributed by atoms with E-state index in [-0.39, 0.29) is 13.2 Å². The molecule has 4 N–H and O–H groups in total. The van der Waals surface area contributed by atoms with Crippen LogP contribution in [-0.4, -0.2) is 70.9 Å². The van der Waals surface area contributed by atoms with Crippen molar-refractivity contribution in [2.45, 2.75) is 19.4 Å². The number of nitrogens with one attached hydrogen (secondary N) is 2. The second-order valence-corrected chi connectivity index (χ2v) is 10.5. The van der Waals surface area contributed by atoms with Gasteiger partial charge in [-0.1, -0.05) is 35.9 Å². The molecule has 0 aliphatic rings. The van der Waals surface area contributed by atoms with E-state index >= 15 is 0 Å². The average molecular weight is 570 g/mol. The number of aliphatic carboxylic acids is 1. The number of benzene rings is 2. The third-order valence-corrected chi connectivity index (χ3v) is 7.38. The Morgan fingerprint density at radius 3 is 2.79 bits per heavy atom. The summed E-state index contributed by atoms with van der Waals surface area (Å²) < 4.78 is 6.93. The first-order valence-corrected chi connectivity index (χ1v) is 13.9. The molecule has 9 nitrogen and oxygen atoms in total. The van der Waals surface area contributed by atoms with Crippen LogP contribution >= 0.6 is 22.9 Å². The number of carboxylic acid groups (broad SMARTS) is 1. The first kappa shape index (κ1) is 28.7. The molecule has 0 atom stereocenters. The molecule has 2 aromatic carbocycles. The molecule has 0 unspecified atom stereocenters. The highest BCUT2D eigenvalue weighted by Gasteiger charge is 2.14. The van der Waals surface area contributed by atoms with Crippen LogP contribution in [0, 0.1) is 0 Å². The molecule has 0 aliphatic heterocycles. The smallest absolute Gasteiger partial charge is 0.317 e. The van der Waals surface area contributed by atoms with Crippen LogP contribution in [0.25, 0.3) is 21.3 Å². The van der Waals surface area contributed by atoms with E-state index < -0.39 is 5.97 Å². The number of carboxylic acids is 1. The minimum Gasteiger partial charge on any atom is -0.494 e. The highest BCUT2D eigenvalue weighted by molar-refractivity contribution is 7.18. The van der Waals surface area contributed by atoms with Crippen molar-refractivity contribution in [1.82, 2.24) is 20.2 Å². The summed E-state index contributed by atoms with van der Waals surface area (Å²) in [5, 5.41) is 25.3. The Bertz CT molecular complexity index is 1400. The Morgan fingerprint density at radius 2 is 1.97 bits per heavy atom. The molecule has 0 radical (unpaired) electrons. The molecule has 4 aromatic rings. The fourth-order valence-corrected chi connectivity index (χ4v) is 5.27. The van der Waals surface area contributed by atoms with E-state index in [2.05, 4.69) is 25.5 Å². The topological polar surface area (TPSA) is 120 Å². The largest absolute Gasteiger partial charge is 0.494 e. The number of nitrogens with zero attached hydrogens (tertiary/aromatic N) is 3. The minimum atomic E-state index is -0.912. The number of anilines is 2. The summed E-state index contributed by atoms with van der Waals surface area (Å²) in [6, 6.07) is 15.5. The van der Waals surface area contributed by atoms with Gasteiger partial charge in [0.05, 0.1) is 28.6 Å². The first-order chi connectivity index (χ1) is 18.9. The molecule has 0 aliphatic carbocycles. The number of ether oxygens (including phenoxy) is 1. The number of aliphatic hydroxyl groups excluding tert-OH is 1. The van der Waals surface area contributed by atoms with Gasteiger partial charge in [-0.15, -0.1) is 11.3 Å². The number of aliphatic hydroxyl groups is 1. The zero-order valence-corrected chi connectivity index (χ0v) is 23.3. The van der Waals surface area contributed by atoms with E-state index in [1.165, 1.54) is 11.3 Å². The monoisotopic (exact) mass is 569 g/mol. The summed E-state index contributed by atoms with van der Waals surface area (Å²) >= 11 is 8.35. The van der Waals surface area contributed by atoms with Crippen molar-refractivity contribution in [3.8, 4) is 16.9 Å². The van der Waals surface area contributed by atoms with E-state index in [0.717, 1.165) is 52.5 Å². The highest BCUT2D eigenvalue weighted by Crippen LogP contribution is 2.37. The highest BCUT2D eigenvalue weighted by atomic mass is 35.5. The maximum atomic E-state index is 10.8. The van der Waals surface area contributed by atoms with E-state index in [0.29, 0.717) is 35.2 Å². The molecule has 0 saturated carbocycles. The van der Waals surface area contributed by atoms with Gasteiger partial charge in [-0.2, -0.15) is 0 Å². The van der Waals surface area contributed by atoms with Crippen LogP contribution in [0.15, 0.2) is 54.7 Å². The van der Waals surface area contributed by atoms with Crippen LogP contribution in [-0.2, 0) is 11.3 Å². The molecular weight excluding hydrogens is 538 g/mol. The van der Waals surface area contributed by atoms with Crippen molar-refractivity contribution in [1.29, 1.82) is 0 Å². The maximum Gasteiger partial charge on any atom is 0.317 e. The molecule has 0 saturated heterocycles. The van der Waals surface area contributed by atoms with E-state index in [9.17, 15) is 4.79 Å². The lowest BCUT2D eigenvalue weighted by Gasteiger charge is -2.16. The van der Waals surface area contributed by atoms with Crippen LogP contribution in [0.5, 0.6) is 5.75 Å². The molecular formula is C28H32ClN5O4S. The lowest BCUT2D eigenvalue weighted by molar-refractivity contribution is -0.136. The molecule has 0 fully saturated rings. The molecule has 2 heterocycles. The number of hydrogen-bond donors (Lipinski definition) is 4. The molecule has 0 bridgehead atoms. The quantitative estimate of drug-likeness (QED) is 0.146. The summed E-state index contributed by atoms with van der Waals surface area (Å²) in [6.45, 7) is 2.81. The summed E-state index contributed by atoms with van der Waals surface area (Å²) in [4.78, 5) is 22.1. The molecule has 11 heteroatoms. The summed E-state index contributed by atoms with van der Waals surface area (Å²) in [5.41, 5.74) is 3.20. The van der Waals surface area contributed by atoms with Crippen LogP contribution in [0.2, 0.25) is 5.02 Å². The zero-order valence-electron chi connectivity index (χ0n) is 21.7. The normalized spacial score (nSPS) is 11.3. The third-order valence-electron chi connectivity index (χ3n) is 5.95. The number of pyridine rings is 1. The summed E-state index contributed by atoms with van der Waals surface area (Å²) in [5.74, 6) is 0.441. The Kier molecular flexibility index (Phi) is 10.5. The van der Waals surface area contributed by atoms with Gasteiger partial charge in [0.25, 0.3) is 0 Å². The third kappa shape index (κ3) is 8.11. The van der Waals surface area contributed by atoms with Crippen molar-refractivity contribution in [3.05, 3.63) is 64.8 Å². The molecule has 4 rings (SSSR count). The SMILES string of the molecule is CN(CCCO)CCCOc1cccc(-c2cccc(Nc3nccc4sc(CNCC(=O)O)nc34)c2Cl)c1. The second kappa shape index (κ2) is 14.2. The van der Waals surface area contributed by atoms with Gasteiger partial charge < -0.3 is 30.5 Å². The van der Waals surface area contributed by atoms with Gasteiger partial charge in [0, 0.05) is 38.0 Å². The van der Waals surface area contributed by atoms with Crippen molar-refractivity contribution in [3.63, 3.8) is 0 Å². The maximum absolute atomic E-state index is 10.8. The number of carbonyl (C=O) groups is 1. The Balaban J connectivity index is 1.45. The Hall–Kier alpha value is -3.28. The minimum absolute atomic E-state index is 0.128. The van der Waals surface area contributed by atoms with Gasteiger partial charge in [-0.3, -0.25) is 4.79 Å². The molecule has 39 heavy (non-hydrogen) atoms. The van der Waals surface area contributed by atoms with Gasteiger partial charge in [0.15, 0.2) is 5.82 Å². The van der Waals surface area contributed by atoms with E-state index in [1.54, 1.807) is 6.20 Å². The van der Waals surface area contributed by atoms with Crippen molar-refractivity contribution < 1.29 is 19.7 Å². The predicted molar refractivity (Wildman–Crippen MR) is 156 cm³/mol. The second-order valence-electron chi connectivity index (χ2n) is 9.01. The van der Waals surface area contributed by atoms with Gasteiger partial charge in [0.1, 0.15) is 16.3 Å². The molecule has 2 aromatic heterocycles. The van der Waals surface area contributed by atoms with E-state index in [4.69, 9.17) is 26.6 Å². The predicted octanol–water partition coefficient (Wildman–Crippen LogP) is 5.01. The number of hydrogen-bond acceptors (Lipinski definition) is 9. The first-order valence-electron chi connectivity index (χ1n) is 12.7. The molecule has 206 valence electrons. The summed E-state index contributed by atoms with van der Waals surface area (Å²) in [6.07, 6.45) is 3.37. The fraction of sp³-hybridized carbons (Fsp3) is 0.321. The van der Waals surface area contributed by atoms with Gasteiger partial charge in [-0.25, -0.2) is 9.97 Å². The van der Waals surface area contributed by atoms with Crippen LogP contribution in [0.4, 0.5) is 11.5 Å². The lowest BCUT2D eigenvalue weighted by atomic mass is 10.0. The lowest BCUT2D eigenvalue weighted by Crippen LogP contribution is -2.23. The number of thiazole rings is 1. The zero-order chi connectivity index (χ0) is 27.6.